The number of carboxylic acids is 1. The van der Waals surface area contributed by atoms with Gasteiger partial charge in [0.15, 0.2) is 5.69 Å². The molecule has 4 rings (SSSR count). The molecule has 1 aliphatic rings. The van der Waals surface area contributed by atoms with Crippen molar-refractivity contribution in [2.75, 3.05) is 41.3 Å². The van der Waals surface area contributed by atoms with Gasteiger partial charge in [0.1, 0.15) is 5.82 Å². The molecule has 1 aliphatic heterocycles. The fraction of sp³-hybridized carbons (Fsp3) is 0.190. The number of carboxylic acid groups (broad SMARTS) is 1. The minimum absolute atomic E-state index is 0.0195. The lowest BCUT2D eigenvalue weighted by Gasteiger charge is -2.36. The number of rotatable bonds is 5. The van der Waals surface area contributed by atoms with Crippen molar-refractivity contribution < 1.29 is 9.90 Å². The third kappa shape index (κ3) is 4.03. The van der Waals surface area contributed by atoms with Crippen molar-refractivity contribution in [2.24, 2.45) is 0 Å². The van der Waals surface area contributed by atoms with Gasteiger partial charge in [-0.25, -0.2) is 9.78 Å². The van der Waals surface area contributed by atoms with E-state index in [0.29, 0.717) is 11.8 Å². The van der Waals surface area contributed by atoms with Gasteiger partial charge in [-0.05, 0) is 24.3 Å². The zero-order chi connectivity index (χ0) is 19.3. The van der Waals surface area contributed by atoms with Gasteiger partial charge in [-0.1, -0.05) is 36.4 Å². The highest BCUT2D eigenvalue weighted by Gasteiger charge is 2.21. The lowest BCUT2D eigenvalue weighted by molar-refractivity contribution is 0.0690. The standard InChI is InChI=1S/C21H21N5O2/c27-20(28)18-15-19(22-16-7-3-1-4-8-16)24-21(23-18)26-13-11-25(12-14-26)17-9-5-2-6-10-17/h1-10,15H,11-14H2,(H,27,28)(H,22,23,24). The molecular weight excluding hydrogens is 354 g/mol. The number of anilines is 4. The molecule has 0 amide bonds. The molecule has 0 spiro atoms. The second-order valence-corrected chi connectivity index (χ2v) is 6.54. The largest absolute Gasteiger partial charge is 0.477 e. The summed E-state index contributed by atoms with van der Waals surface area (Å²) in [6, 6.07) is 21.3. The van der Waals surface area contributed by atoms with Crippen molar-refractivity contribution in [3.8, 4) is 0 Å². The maximum absolute atomic E-state index is 11.5. The van der Waals surface area contributed by atoms with E-state index in [0.717, 1.165) is 31.9 Å². The highest BCUT2D eigenvalue weighted by atomic mass is 16.4. The van der Waals surface area contributed by atoms with Gasteiger partial charge in [0, 0.05) is 43.6 Å². The number of aromatic carboxylic acids is 1. The molecule has 0 aliphatic carbocycles. The van der Waals surface area contributed by atoms with E-state index in [1.165, 1.54) is 11.8 Å². The van der Waals surface area contributed by atoms with Gasteiger partial charge in [0.2, 0.25) is 5.95 Å². The summed E-state index contributed by atoms with van der Waals surface area (Å²) in [6.45, 7) is 3.10. The Morgan fingerprint density at radius 3 is 2.11 bits per heavy atom. The van der Waals surface area contributed by atoms with E-state index in [4.69, 9.17) is 0 Å². The fourth-order valence-corrected chi connectivity index (χ4v) is 3.22. The minimum atomic E-state index is -1.07. The molecule has 2 N–H and O–H groups in total. The Morgan fingerprint density at radius 1 is 0.857 bits per heavy atom. The van der Waals surface area contributed by atoms with Crippen molar-refractivity contribution in [3.05, 3.63) is 72.4 Å². The molecule has 1 saturated heterocycles. The summed E-state index contributed by atoms with van der Waals surface area (Å²) in [5, 5.41) is 12.6. The zero-order valence-corrected chi connectivity index (χ0v) is 15.3. The van der Waals surface area contributed by atoms with Crippen LogP contribution < -0.4 is 15.1 Å². The third-order valence-electron chi connectivity index (χ3n) is 4.66. The second kappa shape index (κ2) is 7.96. The van der Waals surface area contributed by atoms with Crippen molar-refractivity contribution in [1.82, 2.24) is 9.97 Å². The molecule has 0 saturated carbocycles. The molecule has 142 valence electrons. The molecule has 0 bridgehead atoms. The third-order valence-corrected chi connectivity index (χ3v) is 4.66. The first-order valence-corrected chi connectivity index (χ1v) is 9.18. The summed E-state index contributed by atoms with van der Waals surface area (Å²) in [4.78, 5) is 24.7. The van der Waals surface area contributed by atoms with Crippen molar-refractivity contribution >= 4 is 29.1 Å². The van der Waals surface area contributed by atoms with Crippen LogP contribution in [-0.4, -0.2) is 47.2 Å². The Labute approximate surface area is 163 Å². The summed E-state index contributed by atoms with van der Waals surface area (Å²) in [6.07, 6.45) is 0. The molecule has 0 radical (unpaired) electrons. The lowest BCUT2D eigenvalue weighted by Crippen LogP contribution is -2.47. The quantitative estimate of drug-likeness (QED) is 0.708. The molecule has 7 nitrogen and oxygen atoms in total. The van der Waals surface area contributed by atoms with Crippen LogP contribution >= 0.6 is 0 Å². The predicted molar refractivity (Wildman–Crippen MR) is 110 cm³/mol. The highest BCUT2D eigenvalue weighted by molar-refractivity contribution is 5.87. The maximum Gasteiger partial charge on any atom is 0.354 e. The van der Waals surface area contributed by atoms with Crippen molar-refractivity contribution in [2.45, 2.75) is 0 Å². The Kier molecular flexibility index (Phi) is 5.05. The van der Waals surface area contributed by atoms with E-state index in [2.05, 4.69) is 32.3 Å². The van der Waals surface area contributed by atoms with Crippen LogP contribution in [0.2, 0.25) is 0 Å². The first kappa shape index (κ1) is 17.8. The first-order chi connectivity index (χ1) is 13.7. The van der Waals surface area contributed by atoms with Crippen LogP contribution in [0.5, 0.6) is 0 Å². The molecule has 7 heteroatoms. The number of benzene rings is 2. The van der Waals surface area contributed by atoms with Crippen molar-refractivity contribution in [3.63, 3.8) is 0 Å². The Balaban J connectivity index is 1.53. The number of para-hydroxylation sites is 2. The first-order valence-electron chi connectivity index (χ1n) is 9.18. The van der Waals surface area contributed by atoms with Crippen LogP contribution in [0.25, 0.3) is 0 Å². The SMILES string of the molecule is O=C(O)c1cc(Nc2ccccc2)nc(N2CCN(c3ccccc3)CC2)n1. The molecule has 1 aromatic heterocycles. The van der Waals surface area contributed by atoms with E-state index in [-0.39, 0.29) is 5.69 Å². The summed E-state index contributed by atoms with van der Waals surface area (Å²) in [7, 11) is 0. The summed E-state index contributed by atoms with van der Waals surface area (Å²) in [5.41, 5.74) is 2.01. The smallest absolute Gasteiger partial charge is 0.354 e. The number of nitrogens with zero attached hydrogens (tertiary/aromatic N) is 4. The van der Waals surface area contributed by atoms with Gasteiger partial charge >= 0.3 is 5.97 Å². The molecule has 2 heterocycles. The number of hydrogen-bond donors (Lipinski definition) is 2. The fourth-order valence-electron chi connectivity index (χ4n) is 3.22. The normalized spacial score (nSPS) is 14.0. The van der Waals surface area contributed by atoms with E-state index >= 15 is 0 Å². The maximum atomic E-state index is 11.5. The van der Waals surface area contributed by atoms with Gasteiger partial charge in [-0.2, -0.15) is 4.98 Å². The molecule has 0 unspecified atom stereocenters. The van der Waals surface area contributed by atoms with Gasteiger partial charge in [-0.15, -0.1) is 0 Å². The molecule has 2 aromatic carbocycles. The van der Waals surface area contributed by atoms with Gasteiger partial charge < -0.3 is 20.2 Å². The van der Waals surface area contributed by atoms with Crippen LogP contribution in [0.1, 0.15) is 10.5 Å². The number of carbonyl (C=O) groups is 1. The molecule has 28 heavy (non-hydrogen) atoms. The number of hydrogen-bond acceptors (Lipinski definition) is 6. The van der Waals surface area contributed by atoms with Gasteiger partial charge in [0.25, 0.3) is 0 Å². The van der Waals surface area contributed by atoms with E-state index in [1.807, 2.05) is 53.4 Å². The summed E-state index contributed by atoms with van der Waals surface area (Å²) < 4.78 is 0. The van der Waals surface area contributed by atoms with E-state index in [9.17, 15) is 9.90 Å². The van der Waals surface area contributed by atoms with Crippen LogP contribution in [0, 0.1) is 0 Å². The Bertz CT molecular complexity index is 942. The number of piperazine rings is 1. The van der Waals surface area contributed by atoms with Gasteiger partial charge in [0.05, 0.1) is 0 Å². The van der Waals surface area contributed by atoms with Gasteiger partial charge in [-0.3, -0.25) is 0 Å². The average molecular weight is 375 g/mol. The topological polar surface area (TPSA) is 81.6 Å². The molecule has 0 atom stereocenters. The van der Waals surface area contributed by atoms with Crippen molar-refractivity contribution in [1.29, 1.82) is 0 Å². The number of nitrogens with one attached hydrogen (secondary N) is 1. The average Bonchev–Trinajstić information content (AvgIpc) is 2.75. The molecule has 1 fully saturated rings. The monoisotopic (exact) mass is 375 g/mol. The zero-order valence-electron chi connectivity index (χ0n) is 15.3. The van der Waals surface area contributed by atoms with Crippen LogP contribution in [-0.2, 0) is 0 Å². The molecule has 3 aromatic rings. The van der Waals surface area contributed by atoms with Crippen LogP contribution in [0.15, 0.2) is 66.7 Å². The second-order valence-electron chi connectivity index (χ2n) is 6.54. The van der Waals surface area contributed by atoms with E-state index < -0.39 is 5.97 Å². The summed E-state index contributed by atoms with van der Waals surface area (Å²) in [5.74, 6) is -0.159. The Morgan fingerprint density at radius 2 is 1.46 bits per heavy atom. The summed E-state index contributed by atoms with van der Waals surface area (Å²) >= 11 is 0. The van der Waals surface area contributed by atoms with Crippen LogP contribution in [0.3, 0.4) is 0 Å². The molecular formula is C21H21N5O2. The minimum Gasteiger partial charge on any atom is -0.477 e. The van der Waals surface area contributed by atoms with E-state index in [1.54, 1.807) is 0 Å². The number of aromatic nitrogens is 2. The van der Waals surface area contributed by atoms with Crippen LogP contribution in [0.4, 0.5) is 23.1 Å². The Hall–Kier alpha value is -3.61. The lowest BCUT2D eigenvalue weighted by atomic mass is 10.2. The predicted octanol–water partition coefficient (Wildman–Crippen LogP) is 3.25. The highest BCUT2D eigenvalue weighted by Crippen LogP contribution is 2.21.